The normalized spacial score (nSPS) is 10.6. The molecule has 0 atom stereocenters. The van der Waals surface area contributed by atoms with Crippen molar-refractivity contribution in [1.29, 1.82) is 0 Å². The molecule has 0 radical (unpaired) electrons. The van der Waals surface area contributed by atoms with Crippen LogP contribution in [-0.4, -0.2) is 0 Å². The zero-order valence-electron chi connectivity index (χ0n) is 9.10. The Morgan fingerprint density at radius 2 is 1.53 bits per heavy atom. The topological polar surface area (TPSA) is 26.0 Å². The molecule has 2 aromatic rings. The minimum atomic E-state index is -1.47. The number of nitrogen functional groups attached to an aromatic ring is 1. The van der Waals surface area contributed by atoms with Gasteiger partial charge in [-0.25, -0.2) is 13.2 Å². The zero-order chi connectivity index (χ0) is 12.6. The fourth-order valence-electron chi connectivity index (χ4n) is 1.66. The molecule has 0 bridgehead atoms. The Morgan fingerprint density at radius 1 is 0.941 bits per heavy atom. The summed E-state index contributed by atoms with van der Waals surface area (Å²) in [6.07, 6.45) is 0. The quantitative estimate of drug-likeness (QED) is 0.594. The lowest BCUT2D eigenvalue weighted by atomic mass is 10.0. The second-order valence-electron chi connectivity index (χ2n) is 3.84. The Kier molecular flexibility index (Phi) is 2.79. The maximum Gasteiger partial charge on any atom is 0.194 e. The number of aryl methyl sites for hydroxylation is 1. The lowest BCUT2D eigenvalue weighted by molar-refractivity contribution is 0.448. The van der Waals surface area contributed by atoms with E-state index in [-0.39, 0.29) is 5.56 Å². The Labute approximate surface area is 96.7 Å². The highest BCUT2D eigenvalue weighted by Crippen LogP contribution is 2.28. The molecule has 0 saturated heterocycles. The van der Waals surface area contributed by atoms with Gasteiger partial charge in [0, 0.05) is 11.3 Å². The molecule has 0 saturated carbocycles. The highest BCUT2D eigenvalue weighted by molar-refractivity contribution is 5.76. The van der Waals surface area contributed by atoms with E-state index in [1.165, 1.54) is 0 Å². The van der Waals surface area contributed by atoms with Crippen molar-refractivity contribution in [2.24, 2.45) is 0 Å². The monoisotopic (exact) mass is 237 g/mol. The van der Waals surface area contributed by atoms with E-state index in [1.807, 2.05) is 6.92 Å². The molecule has 2 rings (SSSR count). The van der Waals surface area contributed by atoms with Crippen molar-refractivity contribution < 1.29 is 13.2 Å². The first-order chi connectivity index (χ1) is 7.99. The molecule has 0 aromatic heterocycles. The largest absolute Gasteiger partial charge is 0.398 e. The molecule has 17 heavy (non-hydrogen) atoms. The van der Waals surface area contributed by atoms with Crippen LogP contribution in [0.1, 0.15) is 5.56 Å². The smallest absolute Gasteiger partial charge is 0.194 e. The third-order valence-electron chi connectivity index (χ3n) is 2.50. The molecule has 88 valence electrons. The van der Waals surface area contributed by atoms with Crippen LogP contribution in [0.15, 0.2) is 30.3 Å². The molecular formula is C13H10F3N. The average molecular weight is 237 g/mol. The Hall–Kier alpha value is -1.97. The molecule has 0 spiro atoms. The Balaban J connectivity index is 2.61. The van der Waals surface area contributed by atoms with Gasteiger partial charge in [0.1, 0.15) is 0 Å². The summed E-state index contributed by atoms with van der Waals surface area (Å²) in [5.74, 6) is -3.92. The number of rotatable bonds is 1. The standard InChI is InChI=1S/C13H10F3N/c1-7-2-3-9(12(17)4-7)8-5-10(14)13(16)11(15)6-8/h2-6H,17H2,1H3. The number of nitrogens with two attached hydrogens (primary N) is 1. The van der Waals surface area contributed by atoms with Crippen LogP contribution in [0.5, 0.6) is 0 Å². The van der Waals surface area contributed by atoms with Gasteiger partial charge in [-0.2, -0.15) is 0 Å². The van der Waals surface area contributed by atoms with E-state index in [0.29, 0.717) is 11.3 Å². The number of halogens is 3. The highest BCUT2D eigenvalue weighted by Gasteiger charge is 2.12. The van der Waals surface area contributed by atoms with Gasteiger partial charge in [-0.3, -0.25) is 0 Å². The lowest BCUT2D eigenvalue weighted by Gasteiger charge is -2.07. The number of hydrogen-bond donors (Lipinski definition) is 1. The summed E-state index contributed by atoms with van der Waals surface area (Å²) in [5, 5.41) is 0. The Bertz CT molecular complexity index is 556. The van der Waals surface area contributed by atoms with Gasteiger partial charge in [-0.1, -0.05) is 12.1 Å². The number of anilines is 1. The van der Waals surface area contributed by atoms with E-state index in [2.05, 4.69) is 0 Å². The summed E-state index contributed by atoms with van der Waals surface area (Å²) in [5.41, 5.74) is 7.79. The summed E-state index contributed by atoms with van der Waals surface area (Å²) in [4.78, 5) is 0. The summed E-state index contributed by atoms with van der Waals surface area (Å²) in [6, 6.07) is 6.97. The molecule has 0 aliphatic rings. The summed E-state index contributed by atoms with van der Waals surface area (Å²) < 4.78 is 39.0. The molecule has 2 N–H and O–H groups in total. The second kappa shape index (κ2) is 4.13. The van der Waals surface area contributed by atoms with Gasteiger partial charge in [0.05, 0.1) is 0 Å². The van der Waals surface area contributed by atoms with Crippen molar-refractivity contribution in [1.82, 2.24) is 0 Å². The van der Waals surface area contributed by atoms with Crippen LogP contribution in [-0.2, 0) is 0 Å². The average Bonchev–Trinajstić information content (AvgIpc) is 2.25. The molecule has 0 amide bonds. The van der Waals surface area contributed by atoms with E-state index in [4.69, 9.17) is 5.73 Å². The van der Waals surface area contributed by atoms with E-state index in [1.54, 1.807) is 18.2 Å². The molecule has 0 unspecified atom stereocenters. The van der Waals surface area contributed by atoms with E-state index < -0.39 is 17.5 Å². The van der Waals surface area contributed by atoms with Crippen LogP contribution in [0.2, 0.25) is 0 Å². The zero-order valence-corrected chi connectivity index (χ0v) is 9.10. The van der Waals surface area contributed by atoms with Crippen LogP contribution in [0.4, 0.5) is 18.9 Å². The summed E-state index contributed by atoms with van der Waals surface area (Å²) >= 11 is 0. The first-order valence-electron chi connectivity index (χ1n) is 5.00. The van der Waals surface area contributed by atoms with Gasteiger partial charge in [-0.05, 0) is 36.2 Å². The summed E-state index contributed by atoms with van der Waals surface area (Å²) in [6.45, 7) is 1.85. The first-order valence-corrected chi connectivity index (χ1v) is 5.00. The fraction of sp³-hybridized carbons (Fsp3) is 0.0769. The third kappa shape index (κ3) is 2.11. The van der Waals surface area contributed by atoms with Gasteiger partial charge in [0.25, 0.3) is 0 Å². The highest BCUT2D eigenvalue weighted by atomic mass is 19.2. The first kappa shape index (κ1) is 11.5. The number of benzene rings is 2. The van der Waals surface area contributed by atoms with Gasteiger partial charge in [0.2, 0.25) is 0 Å². The van der Waals surface area contributed by atoms with Crippen molar-refractivity contribution in [3.8, 4) is 11.1 Å². The Morgan fingerprint density at radius 3 is 2.06 bits per heavy atom. The molecule has 1 nitrogen and oxygen atoms in total. The van der Waals surface area contributed by atoms with E-state index >= 15 is 0 Å². The molecule has 0 aliphatic heterocycles. The van der Waals surface area contributed by atoms with Crippen LogP contribution < -0.4 is 5.73 Å². The second-order valence-corrected chi connectivity index (χ2v) is 3.84. The lowest BCUT2D eigenvalue weighted by Crippen LogP contribution is -1.95. The van der Waals surface area contributed by atoms with Crippen LogP contribution in [0.3, 0.4) is 0 Å². The van der Waals surface area contributed by atoms with Crippen molar-refractivity contribution in [2.75, 3.05) is 5.73 Å². The SMILES string of the molecule is Cc1ccc(-c2cc(F)c(F)c(F)c2)c(N)c1. The van der Waals surface area contributed by atoms with Crippen molar-refractivity contribution >= 4 is 5.69 Å². The van der Waals surface area contributed by atoms with Crippen molar-refractivity contribution in [3.63, 3.8) is 0 Å². The van der Waals surface area contributed by atoms with Gasteiger partial charge in [-0.15, -0.1) is 0 Å². The van der Waals surface area contributed by atoms with Crippen LogP contribution >= 0.6 is 0 Å². The van der Waals surface area contributed by atoms with Crippen molar-refractivity contribution in [2.45, 2.75) is 6.92 Å². The molecular weight excluding hydrogens is 227 g/mol. The maximum atomic E-state index is 13.1. The van der Waals surface area contributed by atoms with Crippen molar-refractivity contribution in [3.05, 3.63) is 53.3 Å². The predicted molar refractivity (Wildman–Crippen MR) is 60.9 cm³/mol. The molecule has 4 heteroatoms. The molecule has 0 heterocycles. The fourth-order valence-corrected chi connectivity index (χ4v) is 1.66. The number of hydrogen-bond acceptors (Lipinski definition) is 1. The van der Waals surface area contributed by atoms with Crippen LogP contribution in [0.25, 0.3) is 11.1 Å². The minimum absolute atomic E-state index is 0.221. The molecule has 0 aliphatic carbocycles. The van der Waals surface area contributed by atoms with E-state index in [9.17, 15) is 13.2 Å². The van der Waals surface area contributed by atoms with E-state index in [0.717, 1.165) is 17.7 Å². The van der Waals surface area contributed by atoms with Gasteiger partial charge >= 0.3 is 0 Å². The molecule has 2 aromatic carbocycles. The predicted octanol–water partition coefficient (Wildman–Crippen LogP) is 3.66. The minimum Gasteiger partial charge on any atom is -0.398 e. The molecule has 0 fully saturated rings. The van der Waals surface area contributed by atoms with Crippen LogP contribution in [0, 0.1) is 24.4 Å². The van der Waals surface area contributed by atoms with Gasteiger partial charge in [0.15, 0.2) is 17.5 Å². The maximum absolute atomic E-state index is 13.1. The third-order valence-corrected chi connectivity index (χ3v) is 2.50. The summed E-state index contributed by atoms with van der Waals surface area (Å²) in [7, 11) is 0. The van der Waals surface area contributed by atoms with Gasteiger partial charge < -0.3 is 5.73 Å².